The number of hydrazone groups is 1. The zero-order valence-corrected chi connectivity index (χ0v) is 26.3. The number of nitrogens with zero attached hydrogens (tertiary/aromatic N) is 3. The van der Waals surface area contributed by atoms with Gasteiger partial charge in [0, 0.05) is 22.5 Å². The Labute approximate surface area is 266 Å². The number of aryl methyl sites for hydroxylation is 2. The van der Waals surface area contributed by atoms with Crippen LogP contribution in [0.2, 0.25) is 0 Å². The molecule has 0 bridgehead atoms. The van der Waals surface area contributed by atoms with E-state index in [1.165, 1.54) is 33.4 Å². The molecule has 0 unspecified atom stereocenters. The Kier molecular flexibility index (Phi) is 7.31. The van der Waals surface area contributed by atoms with Crippen LogP contribution in [0.5, 0.6) is 0 Å². The van der Waals surface area contributed by atoms with E-state index in [-0.39, 0.29) is 5.41 Å². The van der Waals surface area contributed by atoms with Crippen molar-refractivity contribution in [3.05, 3.63) is 173 Å². The molecular formula is C42H37N3. The fourth-order valence-corrected chi connectivity index (χ4v) is 6.34. The predicted octanol–water partition coefficient (Wildman–Crippen LogP) is 11.3. The van der Waals surface area contributed by atoms with E-state index in [1.54, 1.807) is 0 Å². The minimum Gasteiger partial charge on any atom is -0.310 e. The standard InChI is InChI=1S/C42H37N3/c1-30-15-20-33(21-16-30)44(34-22-17-31(2)18-23-34)37-24-26-39-38-25-19-32(27-40(38)42(3,4)41(39)28-37)29-43-45(35-11-7-5-8-12-35)36-13-9-6-10-14-36/h5-29H,1-4H3/b43-29+. The van der Waals surface area contributed by atoms with Crippen molar-refractivity contribution in [2.75, 3.05) is 9.91 Å². The molecule has 1 aliphatic rings. The molecule has 220 valence electrons. The molecule has 0 N–H and O–H groups in total. The van der Waals surface area contributed by atoms with E-state index in [0.29, 0.717) is 0 Å². The van der Waals surface area contributed by atoms with Crippen LogP contribution in [0, 0.1) is 13.8 Å². The summed E-state index contributed by atoms with van der Waals surface area (Å²) in [6.07, 6.45) is 1.97. The first-order valence-electron chi connectivity index (χ1n) is 15.6. The molecule has 0 saturated carbocycles. The van der Waals surface area contributed by atoms with Crippen LogP contribution in [0.15, 0.2) is 151 Å². The fraction of sp³-hybridized carbons (Fsp3) is 0.119. The van der Waals surface area contributed by atoms with Crippen molar-refractivity contribution in [1.82, 2.24) is 0 Å². The highest BCUT2D eigenvalue weighted by Gasteiger charge is 2.36. The van der Waals surface area contributed by atoms with Crippen molar-refractivity contribution in [2.24, 2.45) is 5.10 Å². The SMILES string of the molecule is Cc1ccc(N(c2ccc(C)cc2)c2ccc3c(c2)C(C)(C)c2cc(/C=N/N(c4ccccc4)c4ccccc4)ccc2-3)cc1. The van der Waals surface area contributed by atoms with E-state index in [1.807, 2.05) is 47.6 Å². The molecule has 0 spiro atoms. The Balaban J connectivity index is 1.25. The summed E-state index contributed by atoms with van der Waals surface area (Å²) in [4.78, 5) is 2.36. The van der Waals surface area contributed by atoms with Crippen LogP contribution < -0.4 is 9.91 Å². The van der Waals surface area contributed by atoms with E-state index in [0.717, 1.165) is 34.0 Å². The second-order valence-electron chi connectivity index (χ2n) is 12.4. The van der Waals surface area contributed by atoms with Crippen LogP contribution in [-0.4, -0.2) is 6.21 Å². The normalized spacial score (nSPS) is 13.0. The van der Waals surface area contributed by atoms with Gasteiger partial charge in [-0.25, -0.2) is 5.01 Å². The summed E-state index contributed by atoms with van der Waals surface area (Å²) in [7, 11) is 0. The third-order valence-electron chi connectivity index (χ3n) is 8.85. The molecule has 0 fully saturated rings. The van der Waals surface area contributed by atoms with Gasteiger partial charge in [-0.15, -0.1) is 0 Å². The van der Waals surface area contributed by atoms with E-state index in [2.05, 4.69) is 142 Å². The maximum Gasteiger partial charge on any atom is 0.0652 e. The Bertz CT molecular complexity index is 1890. The quantitative estimate of drug-likeness (QED) is 0.137. The summed E-state index contributed by atoms with van der Waals surface area (Å²) in [5.74, 6) is 0. The number of anilines is 5. The highest BCUT2D eigenvalue weighted by Crippen LogP contribution is 2.51. The number of hydrogen-bond acceptors (Lipinski definition) is 3. The summed E-state index contributed by atoms with van der Waals surface area (Å²) in [6, 6.07) is 51.9. The van der Waals surface area contributed by atoms with Crippen molar-refractivity contribution in [2.45, 2.75) is 33.1 Å². The molecule has 6 aromatic carbocycles. The van der Waals surface area contributed by atoms with Gasteiger partial charge >= 0.3 is 0 Å². The van der Waals surface area contributed by atoms with E-state index in [9.17, 15) is 0 Å². The summed E-state index contributed by atoms with van der Waals surface area (Å²) >= 11 is 0. The number of hydrogen-bond donors (Lipinski definition) is 0. The lowest BCUT2D eigenvalue weighted by Crippen LogP contribution is -2.17. The average molecular weight is 584 g/mol. The highest BCUT2D eigenvalue weighted by atomic mass is 15.5. The largest absolute Gasteiger partial charge is 0.310 e. The molecule has 0 amide bonds. The first-order chi connectivity index (χ1) is 21.9. The van der Waals surface area contributed by atoms with Gasteiger partial charge in [-0.1, -0.05) is 104 Å². The third-order valence-corrected chi connectivity index (χ3v) is 8.85. The second-order valence-corrected chi connectivity index (χ2v) is 12.4. The van der Waals surface area contributed by atoms with Gasteiger partial charge in [-0.3, -0.25) is 0 Å². The third kappa shape index (κ3) is 5.42. The molecule has 3 nitrogen and oxygen atoms in total. The van der Waals surface area contributed by atoms with Crippen LogP contribution in [-0.2, 0) is 5.41 Å². The molecule has 3 heteroatoms. The van der Waals surface area contributed by atoms with Gasteiger partial charge in [0.1, 0.15) is 0 Å². The maximum absolute atomic E-state index is 4.98. The van der Waals surface area contributed by atoms with Gasteiger partial charge in [0.2, 0.25) is 0 Å². The number of fused-ring (bicyclic) bond motifs is 3. The highest BCUT2D eigenvalue weighted by molar-refractivity contribution is 5.89. The lowest BCUT2D eigenvalue weighted by molar-refractivity contribution is 0.660. The molecule has 6 aromatic rings. The van der Waals surface area contributed by atoms with Crippen LogP contribution in [0.1, 0.15) is 41.7 Å². The minimum atomic E-state index is -0.171. The second kappa shape index (κ2) is 11.6. The van der Waals surface area contributed by atoms with Crippen LogP contribution in [0.3, 0.4) is 0 Å². The molecule has 0 radical (unpaired) electrons. The number of rotatable bonds is 7. The van der Waals surface area contributed by atoms with Gasteiger partial charge in [-0.05, 0) is 108 Å². The maximum atomic E-state index is 4.98. The van der Waals surface area contributed by atoms with Crippen LogP contribution in [0.4, 0.5) is 28.4 Å². The molecule has 0 aliphatic heterocycles. The van der Waals surface area contributed by atoms with Crippen molar-refractivity contribution in [3.63, 3.8) is 0 Å². The Hall–Kier alpha value is -5.41. The Morgan fingerprint density at radius 3 is 1.49 bits per heavy atom. The predicted molar refractivity (Wildman–Crippen MR) is 191 cm³/mol. The molecule has 0 heterocycles. The number of para-hydroxylation sites is 2. The molecule has 1 aliphatic carbocycles. The lowest BCUT2D eigenvalue weighted by Gasteiger charge is -2.28. The molecule has 0 aromatic heterocycles. The van der Waals surface area contributed by atoms with Crippen molar-refractivity contribution >= 4 is 34.7 Å². The zero-order valence-electron chi connectivity index (χ0n) is 26.3. The van der Waals surface area contributed by atoms with Gasteiger partial charge in [0.25, 0.3) is 0 Å². The van der Waals surface area contributed by atoms with Gasteiger partial charge in [-0.2, -0.15) is 5.10 Å². The average Bonchev–Trinajstić information content (AvgIpc) is 3.29. The monoisotopic (exact) mass is 583 g/mol. The summed E-state index contributed by atoms with van der Waals surface area (Å²) in [5, 5.41) is 6.97. The van der Waals surface area contributed by atoms with Gasteiger partial charge in [0.05, 0.1) is 17.6 Å². The van der Waals surface area contributed by atoms with Crippen LogP contribution in [0.25, 0.3) is 11.1 Å². The lowest BCUT2D eigenvalue weighted by atomic mass is 9.82. The molecular weight excluding hydrogens is 546 g/mol. The molecule has 7 rings (SSSR count). The van der Waals surface area contributed by atoms with Crippen molar-refractivity contribution in [3.8, 4) is 11.1 Å². The molecule has 0 saturated heterocycles. The summed E-state index contributed by atoms with van der Waals surface area (Å²) in [5.41, 5.74) is 14.2. The first-order valence-corrected chi connectivity index (χ1v) is 15.6. The van der Waals surface area contributed by atoms with Crippen molar-refractivity contribution in [1.29, 1.82) is 0 Å². The molecule has 45 heavy (non-hydrogen) atoms. The zero-order chi connectivity index (χ0) is 31.0. The van der Waals surface area contributed by atoms with Crippen molar-refractivity contribution < 1.29 is 0 Å². The van der Waals surface area contributed by atoms with E-state index in [4.69, 9.17) is 5.10 Å². The van der Waals surface area contributed by atoms with Gasteiger partial charge in [0.15, 0.2) is 0 Å². The molecule has 0 atom stereocenters. The van der Waals surface area contributed by atoms with Gasteiger partial charge < -0.3 is 4.90 Å². The van der Waals surface area contributed by atoms with Crippen LogP contribution >= 0.6 is 0 Å². The minimum absolute atomic E-state index is 0.171. The number of benzene rings is 6. The smallest absolute Gasteiger partial charge is 0.0652 e. The summed E-state index contributed by atoms with van der Waals surface area (Å²) < 4.78 is 0. The van der Waals surface area contributed by atoms with E-state index < -0.39 is 0 Å². The fourth-order valence-electron chi connectivity index (χ4n) is 6.34. The summed E-state index contributed by atoms with van der Waals surface area (Å²) in [6.45, 7) is 8.94. The Morgan fingerprint density at radius 2 is 0.956 bits per heavy atom. The first kappa shape index (κ1) is 28.4. The van der Waals surface area contributed by atoms with E-state index >= 15 is 0 Å². The Morgan fingerprint density at radius 1 is 0.489 bits per heavy atom. The topological polar surface area (TPSA) is 18.8 Å².